The van der Waals surface area contributed by atoms with Crippen LogP contribution in [0.1, 0.15) is 17.7 Å². The molecule has 0 saturated heterocycles. The molecule has 0 bridgehead atoms. The van der Waals surface area contributed by atoms with Gasteiger partial charge >= 0.3 is 0 Å². The first kappa shape index (κ1) is 36.0. The Bertz CT molecular complexity index is 3470. The molecular formula is C60H41NO. The summed E-state index contributed by atoms with van der Waals surface area (Å²) in [4.78, 5) is 0. The van der Waals surface area contributed by atoms with E-state index in [-0.39, 0.29) is 0 Å². The Morgan fingerprint density at radius 1 is 0.387 bits per heavy atom. The zero-order valence-electron chi connectivity index (χ0n) is 34.1. The summed E-state index contributed by atoms with van der Waals surface area (Å²) < 4.78 is 9.18. The van der Waals surface area contributed by atoms with Crippen LogP contribution in [0.2, 0.25) is 0 Å². The summed E-state index contributed by atoms with van der Waals surface area (Å²) in [5, 5.41) is 3.64. The van der Waals surface area contributed by atoms with Crippen LogP contribution in [0.25, 0.3) is 111 Å². The van der Waals surface area contributed by atoms with Crippen LogP contribution < -0.4 is 0 Å². The van der Waals surface area contributed by atoms with Gasteiger partial charge in [-0.15, -0.1) is 0 Å². The molecule has 292 valence electrons. The first-order chi connectivity index (χ1) is 30.8. The molecule has 0 spiro atoms. The molecule has 62 heavy (non-hydrogen) atoms. The normalized spacial score (nSPS) is 12.3. The summed E-state index contributed by atoms with van der Waals surface area (Å²) in [6.45, 7) is 0. The van der Waals surface area contributed by atoms with E-state index >= 15 is 0 Å². The van der Waals surface area contributed by atoms with Gasteiger partial charge in [-0.3, -0.25) is 0 Å². The number of benzene rings is 9. The summed E-state index contributed by atoms with van der Waals surface area (Å²) in [7, 11) is 0. The van der Waals surface area contributed by atoms with Crippen molar-refractivity contribution in [2.75, 3.05) is 0 Å². The minimum absolute atomic E-state index is 0.958. The van der Waals surface area contributed by atoms with Crippen LogP contribution in [0.5, 0.6) is 0 Å². The number of allylic oxidation sites excluding steroid dienone is 1. The number of para-hydroxylation sites is 3. The largest absolute Gasteiger partial charge is 0.456 e. The lowest BCUT2D eigenvalue weighted by molar-refractivity contribution is 0.596. The molecule has 0 saturated carbocycles. The minimum atomic E-state index is 0.958. The second-order valence-electron chi connectivity index (χ2n) is 16.2. The van der Waals surface area contributed by atoms with E-state index in [1.54, 1.807) is 0 Å². The van der Waals surface area contributed by atoms with Gasteiger partial charge in [0.25, 0.3) is 0 Å². The molecule has 9 aromatic carbocycles. The van der Waals surface area contributed by atoms with Crippen LogP contribution >= 0.6 is 0 Å². The molecule has 0 atom stereocenters. The third kappa shape index (κ3) is 5.79. The van der Waals surface area contributed by atoms with Crippen molar-refractivity contribution in [2.45, 2.75) is 12.8 Å². The Hall–Kier alpha value is -7.94. The first-order valence-corrected chi connectivity index (χ1v) is 21.6. The molecule has 2 nitrogen and oxygen atoms in total. The fourth-order valence-electron chi connectivity index (χ4n) is 10.0. The number of fused-ring (bicyclic) bond motifs is 6. The predicted molar refractivity (Wildman–Crippen MR) is 261 cm³/mol. The quantitative estimate of drug-likeness (QED) is 0.157. The van der Waals surface area contributed by atoms with Crippen molar-refractivity contribution < 1.29 is 4.42 Å². The molecule has 0 fully saturated rings. The second-order valence-corrected chi connectivity index (χ2v) is 16.2. The van der Waals surface area contributed by atoms with Crippen LogP contribution in [0.15, 0.2) is 223 Å². The maximum absolute atomic E-state index is 6.62. The van der Waals surface area contributed by atoms with Crippen molar-refractivity contribution >= 4 is 38.9 Å². The number of rotatable bonds is 7. The Balaban J connectivity index is 1.27. The topological polar surface area (TPSA) is 18.1 Å². The molecule has 1 aliphatic carbocycles. The van der Waals surface area contributed by atoms with Crippen LogP contribution in [0.4, 0.5) is 0 Å². The Morgan fingerprint density at radius 3 is 1.50 bits per heavy atom. The van der Waals surface area contributed by atoms with Gasteiger partial charge in [0, 0.05) is 55.2 Å². The van der Waals surface area contributed by atoms with Crippen molar-refractivity contribution in [1.82, 2.24) is 4.57 Å². The molecule has 1 aliphatic rings. The SMILES string of the molecule is C1=Cc2oc3c(-c4cccc(-c5cccc6c7c(-c8ccccc8)c(-c8ccccc8)c(-c8ccccc8)c(-c8ccccc8)c7n(-c7ccccc7)c56)c4)cccc3c2CC1. The summed E-state index contributed by atoms with van der Waals surface area (Å²) in [6, 6.07) is 77.5. The van der Waals surface area contributed by atoms with Crippen molar-refractivity contribution in [3.05, 3.63) is 230 Å². The van der Waals surface area contributed by atoms with Crippen LogP contribution in [0, 0.1) is 0 Å². The van der Waals surface area contributed by atoms with E-state index in [4.69, 9.17) is 4.42 Å². The van der Waals surface area contributed by atoms with E-state index < -0.39 is 0 Å². The number of furan rings is 1. The number of aromatic nitrogens is 1. The second kappa shape index (κ2) is 15.0. The highest BCUT2D eigenvalue weighted by atomic mass is 16.3. The molecule has 0 N–H and O–H groups in total. The fourth-order valence-corrected chi connectivity index (χ4v) is 10.0. The molecule has 0 unspecified atom stereocenters. The number of aryl methyl sites for hydroxylation is 1. The molecule has 2 aromatic heterocycles. The molecule has 0 amide bonds. The summed E-state index contributed by atoms with van der Waals surface area (Å²) in [5.74, 6) is 0.986. The minimum Gasteiger partial charge on any atom is -0.456 e. The highest BCUT2D eigenvalue weighted by Crippen LogP contribution is 2.55. The average molecular weight is 792 g/mol. The first-order valence-electron chi connectivity index (χ1n) is 21.6. The van der Waals surface area contributed by atoms with Crippen molar-refractivity contribution in [1.29, 1.82) is 0 Å². The van der Waals surface area contributed by atoms with Gasteiger partial charge < -0.3 is 8.98 Å². The van der Waals surface area contributed by atoms with Crippen LogP contribution in [-0.2, 0) is 6.42 Å². The van der Waals surface area contributed by atoms with E-state index in [0.717, 1.165) is 46.6 Å². The van der Waals surface area contributed by atoms with E-state index in [1.807, 2.05) is 0 Å². The molecule has 0 radical (unpaired) electrons. The van der Waals surface area contributed by atoms with Gasteiger partial charge in [-0.25, -0.2) is 0 Å². The van der Waals surface area contributed by atoms with Gasteiger partial charge in [0.05, 0.1) is 11.0 Å². The van der Waals surface area contributed by atoms with Gasteiger partial charge in [-0.1, -0.05) is 200 Å². The van der Waals surface area contributed by atoms with Gasteiger partial charge in [-0.2, -0.15) is 0 Å². The van der Waals surface area contributed by atoms with Crippen LogP contribution in [0.3, 0.4) is 0 Å². The lowest BCUT2D eigenvalue weighted by atomic mass is 9.80. The van der Waals surface area contributed by atoms with Gasteiger partial charge in [0.2, 0.25) is 0 Å². The zero-order chi connectivity index (χ0) is 41.0. The van der Waals surface area contributed by atoms with E-state index in [1.165, 1.54) is 82.8 Å². The molecule has 11 aromatic rings. The third-order valence-electron chi connectivity index (χ3n) is 12.7. The maximum Gasteiger partial charge on any atom is 0.142 e. The fraction of sp³-hybridized carbons (Fsp3) is 0.0333. The van der Waals surface area contributed by atoms with E-state index in [2.05, 4.69) is 229 Å². The summed E-state index contributed by atoms with van der Waals surface area (Å²) in [5.41, 5.74) is 19.8. The van der Waals surface area contributed by atoms with E-state index in [0.29, 0.717) is 0 Å². The smallest absolute Gasteiger partial charge is 0.142 e. The summed E-state index contributed by atoms with van der Waals surface area (Å²) >= 11 is 0. The average Bonchev–Trinajstić information content (AvgIpc) is 3.91. The van der Waals surface area contributed by atoms with Crippen LogP contribution in [-0.4, -0.2) is 4.57 Å². The van der Waals surface area contributed by atoms with Crippen molar-refractivity contribution in [2.24, 2.45) is 0 Å². The molecule has 0 aliphatic heterocycles. The van der Waals surface area contributed by atoms with Crippen molar-refractivity contribution in [3.8, 4) is 72.4 Å². The molecule has 2 heterocycles. The number of hydrogen-bond donors (Lipinski definition) is 0. The Labute approximate surface area is 361 Å². The summed E-state index contributed by atoms with van der Waals surface area (Å²) in [6.07, 6.45) is 6.40. The monoisotopic (exact) mass is 791 g/mol. The lowest BCUT2D eigenvalue weighted by Crippen LogP contribution is -2.01. The van der Waals surface area contributed by atoms with Gasteiger partial charge in [0.1, 0.15) is 11.3 Å². The zero-order valence-corrected chi connectivity index (χ0v) is 34.1. The van der Waals surface area contributed by atoms with E-state index in [9.17, 15) is 0 Å². The van der Waals surface area contributed by atoms with Gasteiger partial charge in [0.15, 0.2) is 0 Å². The highest BCUT2D eigenvalue weighted by Gasteiger charge is 2.30. The Kier molecular flexibility index (Phi) is 8.67. The number of nitrogens with zero attached hydrogens (tertiary/aromatic N) is 1. The highest BCUT2D eigenvalue weighted by molar-refractivity contribution is 6.28. The lowest BCUT2D eigenvalue weighted by Gasteiger charge is -2.24. The maximum atomic E-state index is 6.62. The number of hydrogen-bond acceptors (Lipinski definition) is 1. The molecule has 12 rings (SSSR count). The van der Waals surface area contributed by atoms with Crippen molar-refractivity contribution in [3.63, 3.8) is 0 Å². The molecular weight excluding hydrogens is 751 g/mol. The third-order valence-corrected chi connectivity index (χ3v) is 12.7. The Morgan fingerprint density at radius 2 is 0.871 bits per heavy atom. The standard InChI is InChI=1S/C60H41NO/c1-6-21-40(22-7-1)53-54(41-23-8-2-9-24-41)56(43-27-12-4-13-28-43)59-57(55(53)42-25-10-3-11-26-42)51-37-19-34-47(58(51)61(59)46-31-14-5-15-32-46)44-29-18-30-45(39-44)48-35-20-36-50-49-33-16-17-38-52(49)62-60(48)50/h1-15,17-32,34-39H,16,33H2. The van der Waals surface area contributed by atoms with Gasteiger partial charge in [-0.05, 0) is 76.1 Å². The molecule has 2 heteroatoms. The predicted octanol–water partition coefficient (Wildman–Crippen LogP) is 16.5.